The van der Waals surface area contributed by atoms with Gasteiger partial charge in [-0.2, -0.15) is 0 Å². The van der Waals surface area contributed by atoms with Crippen LogP contribution in [-0.4, -0.2) is 24.3 Å². The van der Waals surface area contributed by atoms with Crippen molar-refractivity contribution in [3.8, 4) is 0 Å². The molecule has 4 aliphatic carbocycles. The van der Waals surface area contributed by atoms with Crippen molar-refractivity contribution in [3.05, 3.63) is 0 Å². The number of aliphatic hydroxyl groups excluding tert-OH is 1. The van der Waals surface area contributed by atoms with E-state index in [1.165, 1.54) is 58.5 Å². The van der Waals surface area contributed by atoms with Gasteiger partial charge in [-0.25, -0.2) is 0 Å². The number of hydrogen-bond donors (Lipinski definition) is 1. The summed E-state index contributed by atoms with van der Waals surface area (Å²) in [7, 11) is 1.50. The largest absolute Gasteiger partial charge is 0.469 e. The van der Waals surface area contributed by atoms with Gasteiger partial charge in [-0.15, -0.1) is 0 Å². The third-order valence-corrected chi connectivity index (χ3v) is 10.00. The maximum atomic E-state index is 11.5. The van der Waals surface area contributed by atoms with Gasteiger partial charge in [0.25, 0.3) is 0 Å². The molecule has 4 rings (SSSR count). The predicted molar refractivity (Wildman–Crippen MR) is 107 cm³/mol. The number of fused-ring (bicyclic) bond motifs is 5. The highest BCUT2D eigenvalue weighted by Gasteiger charge is 2.59. The summed E-state index contributed by atoms with van der Waals surface area (Å²) in [4.78, 5) is 11.5. The molecule has 4 unspecified atom stereocenters. The first-order valence-electron chi connectivity index (χ1n) is 11.6. The molecule has 0 aromatic heterocycles. The molecule has 8 atom stereocenters. The van der Waals surface area contributed by atoms with Gasteiger partial charge in [-0.3, -0.25) is 4.79 Å². The van der Waals surface area contributed by atoms with E-state index in [0.717, 1.165) is 48.9 Å². The minimum Gasteiger partial charge on any atom is -0.469 e. The summed E-state index contributed by atoms with van der Waals surface area (Å²) in [5.74, 6) is 4.19. The molecule has 0 saturated heterocycles. The Morgan fingerprint density at radius 3 is 2.52 bits per heavy atom. The summed E-state index contributed by atoms with van der Waals surface area (Å²) in [5, 5.41) is 10.2. The summed E-state index contributed by atoms with van der Waals surface area (Å²) in [6.07, 6.45) is 14.3. The van der Waals surface area contributed by atoms with Crippen LogP contribution in [0.25, 0.3) is 0 Å². The molecule has 4 fully saturated rings. The van der Waals surface area contributed by atoms with Crippen molar-refractivity contribution < 1.29 is 14.6 Å². The molecule has 4 aliphatic rings. The molecule has 3 heteroatoms. The lowest BCUT2D eigenvalue weighted by atomic mass is 9.44. The van der Waals surface area contributed by atoms with E-state index in [1.807, 2.05) is 0 Å². The molecule has 0 amide bonds. The van der Waals surface area contributed by atoms with Gasteiger partial charge in [0, 0.05) is 6.42 Å². The lowest BCUT2D eigenvalue weighted by Gasteiger charge is -2.61. The zero-order chi connectivity index (χ0) is 19.2. The van der Waals surface area contributed by atoms with Crippen LogP contribution in [0.15, 0.2) is 0 Å². The van der Waals surface area contributed by atoms with E-state index in [2.05, 4.69) is 13.8 Å². The lowest BCUT2D eigenvalue weighted by molar-refractivity contribution is -0.141. The van der Waals surface area contributed by atoms with Crippen LogP contribution < -0.4 is 0 Å². The third kappa shape index (κ3) is 3.26. The second-order valence-corrected chi connectivity index (χ2v) is 10.9. The van der Waals surface area contributed by atoms with Gasteiger partial charge in [0.1, 0.15) is 0 Å². The maximum Gasteiger partial charge on any atom is 0.305 e. The van der Waals surface area contributed by atoms with Gasteiger partial charge >= 0.3 is 5.97 Å². The van der Waals surface area contributed by atoms with Gasteiger partial charge in [-0.05, 0) is 111 Å². The molecule has 1 N–H and O–H groups in total. The number of aliphatic hydroxyl groups is 1. The molecule has 0 spiro atoms. The second kappa shape index (κ2) is 7.35. The van der Waals surface area contributed by atoms with E-state index in [1.54, 1.807) is 0 Å². The van der Waals surface area contributed by atoms with Crippen LogP contribution >= 0.6 is 0 Å². The molecule has 154 valence electrons. The Kier molecular flexibility index (Phi) is 5.37. The Balaban J connectivity index is 1.45. The van der Waals surface area contributed by atoms with Crippen molar-refractivity contribution in [1.29, 1.82) is 0 Å². The molecular formula is C24H40O3. The average molecular weight is 377 g/mol. The van der Waals surface area contributed by atoms with Crippen LogP contribution in [0.5, 0.6) is 0 Å². The molecule has 3 nitrogen and oxygen atoms in total. The van der Waals surface area contributed by atoms with Crippen LogP contribution in [0.3, 0.4) is 0 Å². The first-order valence-corrected chi connectivity index (χ1v) is 11.6. The number of esters is 1. The van der Waals surface area contributed by atoms with Gasteiger partial charge < -0.3 is 9.84 Å². The van der Waals surface area contributed by atoms with Crippen molar-refractivity contribution in [3.63, 3.8) is 0 Å². The van der Waals surface area contributed by atoms with Gasteiger partial charge in [0.2, 0.25) is 0 Å². The van der Waals surface area contributed by atoms with E-state index >= 15 is 0 Å². The minimum atomic E-state index is -0.0517. The fourth-order valence-corrected chi connectivity index (χ4v) is 8.41. The van der Waals surface area contributed by atoms with E-state index < -0.39 is 0 Å². The summed E-state index contributed by atoms with van der Waals surface area (Å²) >= 11 is 0. The zero-order valence-corrected chi connectivity index (χ0v) is 17.7. The Hall–Kier alpha value is -0.570. The number of hydrogen-bond acceptors (Lipinski definition) is 3. The molecule has 0 aromatic rings. The Labute approximate surface area is 165 Å². The number of ether oxygens (including phenoxy) is 1. The van der Waals surface area contributed by atoms with E-state index in [0.29, 0.717) is 17.3 Å². The number of rotatable bonds is 4. The molecule has 4 saturated carbocycles. The summed E-state index contributed by atoms with van der Waals surface area (Å²) in [6, 6.07) is 0. The Morgan fingerprint density at radius 2 is 1.74 bits per heavy atom. The first-order chi connectivity index (χ1) is 12.9. The van der Waals surface area contributed by atoms with Crippen LogP contribution in [0.1, 0.15) is 90.9 Å². The van der Waals surface area contributed by atoms with Crippen molar-refractivity contribution in [2.75, 3.05) is 7.11 Å². The van der Waals surface area contributed by atoms with Crippen LogP contribution in [0, 0.1) is 40.4 Å². The average Bonchev–Trinajstić information content (AvgIpc) is 2.99. The molecule has 0 radical (unpaired) electrons. The molecular weight excluding hydrogens is 336 g/mol. The molecule has 0 bridgehead atoms. The summed E-state index contributed by atoms with van der Waals surface area (Å²) in [6.45, 7) is 5.16. The van der Waals surface area contributed by atoms with Crippen molar-refractivity contribution in [2.45, 2.75) is 97.0 Å². The molecule has 27 heavy (non-hydrogen) atoms. The lowest BCUT2D eigenvalue weighted by Crippen LogP contribution is -2.53. The Bertz CT molecular complexity index is 560. The molecule has 0 aromatic carbocycles. The highest BCUT2D eigenvalue weighted by atomic mass is 16.5. The van der Waals surface area contributed by atoms with Crippen LogP contribution in [-0.2, 0) is 9.53 Å². The predicted octanol–water partition coefficient (Wildman–Crippen LogP) is 5.35. The third-order valence-electron chi connectivity index (χ3n) is 10.00. The zero-order valence-electron chi connectivity index (χ0n) is 17.7. The fourth-order valence-electron chi connectivity index (χ4n) is 8.41. The standard InChI is InChI=1S/C24H40O3/c1-23-14-12-21-19(9-7-17-15-18(25)11-13-24(17,21)2)20(23)10-8-16(23)5-4-6-22(26)27-3/h16-21,25H,4-15H2,1-3H3/t16-,17?,18+,19?,20?,21?,23+,24-/m0/s1. The SMILES string of the molecule is COC(=O)CCC[C@H]1CCC2C3CCC4C[C@H](O)CC[C@]4(C)C3CC[C@@]21C. The highest BCUT2D eigenvalue weighted by Crippen LogP contribution is 2.67. The molecule has 0 aliphatic heterocycles. The van der Waals surface area contributed by atoms with Crippen molar-refractivity contribution in [2.24, 2.45) is 40.4 Å². The minimum absolute atomic E-state index is 0.0425. The van der Waals surface area contributed by atoms with Gasteiger partial charge in [0.15, 0.2) is 0 Å². The topological polar surface area (TPSA) is 46.5 Å². The first kappa shape index (κ1) is 19.7. The fraction of sp³-hybridized carbons (Fsp3) is 0.958. The Morgan fingerprint density at radius 1 is 1.00 bits per heavy atom. The maximum absolute atomic E-state index is 11.5. The van der Waals surface area contributed by atoms with Gasteiger partial charge in [-0.1, -0.05) is 13.8 Å². The van der Waals surface area contributed by atoms with E-state index in [-0.39, 0.29) is 12.1 Å². The smallest absolute Gasteiger partial charge is 0.305 e. The number of carbonyl (C=O) groups is 1. The second-order valence-electron chi connectivity index (χ2n) is 10.9. The summed E-state index contributed by atoms with van der Waals surface area (Å²) in [5.41, 5.74) is 0.973. The van der Waals surface area contributed by atoms with Crippen LogP contribution in [0.2, 0.25) is 0 Å². The van der Waals surface area contributed by atoms with Crippen molar-refractivity contribution in [1.82, 2.24) is 0 Å². The van der Waals surface area contributed by atoms with E-state index in [4.69, 9.17) is 4.74 Å². The monoisotopic (exact) mass is 376 g/mol. The van der Waals surface area contributed by atoms with Gasteiger partial charge in [0.05, 0.1) is 13.2 Å². The quantitative estimate of drug-likeness (QED) is 0.673. The van der Waals surface area contributed by atoms with Crippen LogP contribution in [0.4, 0.5) is 0 Å². The van der Waals surface area contributed by atoms with Crippen molar-refractivity contribution >= 4 is 5.97 Å². The highest BCUT2D eigenvalue weighted by molar-refractivity contribution is 5.68. The number of methoxy groups -OCH3 is 1. The number of carbonyl (C=O) groups excluding carboxylic acids is 1. The molecule has 0 heterocycles. The van der Waals surface area contributed by atoms with E-state index in [9.17, 15) is 9.90 Å². The summed E-state index contributed by atoms with van der Waals surface area (Å²) < 4.78 is 4.83. The normalized spacial score (nSPS) is 49.0.